The summed E-state index contributed by atoms with van der Waals surface area (Å²) in [6, 6.07) is 10.3. The number of hydrogen-bond acceptors (Lipinski definition) is 0. The number of benzene rings is 2. The van der Waals surface area contributed by atoms with Gasteiger partial charge < -0.3 is 0 Å². The Kier molecular flexibility index (Phi) is 6.68. The quantitative estimate of drug-likeness (QED) is 0.372. The molecule has 0 nitrogen and oxygen atoms in total. The van der Waals surface area contributed by atoms with Crippen molar-refractivity contribution in [2.75, 3.05) is 0 Å². The largest absolute Gasteiger partial charge is 0.204 e. The molecular weight excluding hydrogens is 374 g/mol. The Bertz CT molecular complexity index is 954. The van der Waals surface area contributed by atoms with Gasteiger partial charge >= 0.3 is 0 Å². The fraction of sp³-hybridized carbons (Fsp3) is 0.429. The molecule has 2 aromatic rings. The van der Waals surface area contributed by atoms with Gasteiger partial charge in [-0.1, -0.05) is 36.8 Å². The van der Waals surface area contributed by atoms with Crippen LogP contribution in [0.15, 0.2) is 49.1 Å². The van der Waals surface area contributed by atoms with Gasteiger partial charge in [0.2, 0.25) is 0 Å². The van der Waals surface area contributed by atoms with E-state index in [2.05, 4.69) is 42.7 Å². The Labute approximate surface area is 179 Å². The van der Waals surface area contributed by atoms with Crippen LogP contribution < -0.4 is 0 Å². The second kappa shape index (κ2) is 9.61. The fourth-order valence-corrected chi connectivity index (χ4v) is 5.28. The molecule has 2 aliphatic carbocycles. The average Bonchev–Trinajstić information content (AvgIpc) is 2.78. The van der Waals surface area contributed by atoms with Gasteiger partial charge in [0.05, 0.1) is 0 Å². The van der Waals surface area contributed by atoms with E-state index in [1.54, 1.807) is 0 Å². The van der Waals surface area contributed by atoms with Crippen molar-refractivity contribution in [3.05, 3.63) is 82.9 Å². The lowest BCUT2D eigenvalue weighted by Crippen LogP contribution is -2.26. The summed E-state index contributed by atoms with van der Waals surface area (Å²) >= 11 is 0. The molecular formula is C28H30F2. The Balaban J connectivity index is 1.37. The Morgan fingerprint density at radius 2 is 1.57 bits per heavy atom. The van der Waals surface area contributed by atoms with Gasteiger partial charge in [-0.3, -0.25) is 0 Å². The first-order valence-corrected chi connectivity index (χ1v) is 11.3. The van der Waals surface area contributed by atoms with E-state index in [4.69, 9.17) is 0 Å². The van der Waals surface area contributed by atoms with Gasteiger partial charge in [-0.2, -0.15) is 0 Å². The van der Waals surface area contributed by atoms with Crippen LogP contribution in [0.1, 0.15) is 67.2 Å². The van der Waals surface area contributed by atoms with Crippen LogP contribution in [0.4, 0.5) is 8.78 Å². The highest BCUT2D eigenvalue weighted by Gasteiger charge is 2.29. The number of rotatable bonds is 4. The van der Waals surface area contributed by atoms with Crippen LogP contribution in [0.2, 0.25) is 0 Å². The van der Waals surface area contributed by atoms with Crippen LogP contribution in [0.25, 0.3) is 0 Å². The molecule has 0 radical (unpaired) electrons. The van der Waals surface area contributed by atoms with Crippen LogP contribution >= 0.6 is 0 Å². The molecule has 2 aromatic carbocycles. The summed E-state index contributed by atoms with van der Waals surface area (Å²) in [5, 5.41) is 0. The third kappa shape index (κ3) is 5.01. The first-order chi connectivity index (χ1) is 14.6. The maximum Gasteiger partial charge on any atom is 0.160 e. The second-order valence-corrected chi connectivity index (χ2v) is 9.01. The SMILES string of the molecule is C=CCCC1CCC(C2CCc3cc(C#Cc4ccc(F)c(F)c4)ccc3C2)CC1. The predicted octanol–water partition coefficient (Wildman–Crippen LogP) is 7.24. The minimum absolute atomic E-state index is 0.496. The summed E-state index contributed by atoms with van der Waals surface area (Å²) in [4.78, 5) is 0. The van der Waals surface area contributed by atoms with E-state index >= 15 is 0 Å². The molecule has 0 spiro atoms. The monoisotopic (exact) mass is 404 g/mol. The predicted molar refractivity (Wildman–Crippen MR) is 119 cm³/mol. The molecule has 1 fully saturated rings. The fourth-order valence-electron chi connectivity index (χ4n) is 5.28. The molecule has 1 saturated carbocycles. The number of aryl methyl sites for hydroxylation is 1. The van der Waals surface area contributed by atoms with Gasteiger partial charge in [0, 0.05) is 11.1 Å². The zero-order valence-electron chi connectivity index (χ0n) is 17.6. The highest BCUT2D eigenvalue weighted by Crippen LogP contribution is 2.40. The lowest BCUT2D eigenvalue weighted by Gasteiger charge is -2.36. The van der Waals surface area contributed by atoms with Crippen LogP contribution in [-0.2, 0) is 12.8 Å². The van der Waals surface area contributed by atoms with Gasteiger partial charge in [-0.05, 0) is 104 Å². The maximum atomic E-state index is 13.3. The smallest absolute Gasteiger partial charge is 0.160 e. The lowest BCUT2D eigenvalue weighted by molar-refractivity contribution is 0.185. The first-order valence-electron chi connectivity index (χ1n) is 11.3. The van der Waals surface area contributed by atoms with Gasteiger partial charge in [0.25, 0.3) is 0 Å². The highest BCUT2D eigenvalue weighted by atomic mass is 19.2. The summed E-state index contributed by atoms with van der Waals surface area (Å²) in [5.74, 6) is 6.97. The Morgan fingerprint density at radius 3 is 2.30 bits per heavy atom. The van der Waals surface area contributed by atoms with E-state index in [0.29, 0.717) is 5.56 Å². The third-order valence-corrected chi connectivity index (χ3v) is 7.08. The molecule has 0 aliphatic heterocycles. The van der Waals surface area contributed by atoms with Crippen molar-refractivity contribution in [3.8, 4) is 11.8 Å². The molecule has 1 unspecified atom stereocenters. The third-order valence-electron chi connectivity index (χ3n) is 7.08. The number of hydrogen-bond donors (Lipinski definition) is 0. The lowest BCUT2D eigenvalue weighted by atomic mass is 9.69. The maximum absolute atomic E-state index is 13.3. The second-order valence-electron chi connectivity index (χ2n) is 9.01. The van der Waals surface area contributed by atoms with Crippen molar-refractivity contribution in [3.63, 3.8) is 0 Å². The summed E-state index contributed by atoms with van der Waals surface area (Å²) in [5.41, 5.74) is 4.32. The van der Waals surface area contributed by atoms with Crippen molar-refractivity contribution >= 4 is 0 Å². The van der Waals surface area contributed by atoms with Crippen LogP contribution in [0.3, 0.4) is 0 Å². The molecule has 156 valence electrons. The summed E-state index contributed by atoms with van der Waals surface area (Å²) in [7, 11) is 0. The normalized spacial score (nSPS) is 23.2. The molecule has 0 amide bonds. The van der Waals surface area contributed by atoms with E-state index in [-0.39, 0.29) is 0 Å². The van der Waals surface area contributed by atoms with Crippen molar-refractivity contribution in [1.29, 1.82) is 0 Å². The van der Waals surface area contributed by atoms with Crippen LogP contribution in [0.5, 0.6) is 0 Å². The molecule has 2 heteroatoms. The average molecular weight is 405 g/mol. The molecule has 0 saturated heterocycles. The van der Waals surface area contributed by atoms with Crippen molar-refractivity contribution < 1.29 is 8.78 Å². The Morgan fingerprint density at radius 1 is 0.833 bits per heavy atom. The molecule has 0 N–H and O–H groups in total. The van der Waals surface area contributed by atoms with Gasteiger partial charge in [0.1, 0.15) is 0 Å². The summed E-state index contributed by atoms with van der Waals surface area (Å²) in [6.45, 7) is 3.86. The number of fused-ring (bicyclic) bond motifs is 1. The number of allylic oxidation sites excluding steroid dienone is 1. The van der Waals surface area contributed by atoms with E-state index < -0.39 is 11.6 Å². The first kappa shape index (κ1) is 20.9. The minimum Gasteiger partial charge on any atom is -0.204 e. The summed E-state index contributed by atoms with van der Waals surface area (Å²) < 4.78 is 26.4. The molecule has 2 aliphatic rings. The van der Waals surface area contributed by atoms with Crippen LogP contribution in [0, 0.1) is 41.2 Å². The molecule has 0 heterocycles. The molecule has 4 rings (SSSR count). The van der Waals surface area contributed by atoms with E-state index in [9.17, 15) is 8.78 Å². The van der Waals surface area contributed by atoms with Gasteiger partial charge in [0.15, 0.2) is 11.6 Å². The van der Waals surface area contributed by atoms with Crippen molar-refractivity contribution in [2.45, 2.75) is 57.8 Å². The molecule has 0 aromatic heterocycles. The number of halogens is 2. The summed E-state index contributed by atoms with van der Waals surface area (Å²) in [6.07, 6.45) is 13.7. The van der Waals surface area contributed by atoms with E-state index in [1.165, 1.54) is 62.1 Å². The molecule has 1 atom stereocenters. The zero-order chi connectivity index (χ0) is 20.9. The van der Waals surface area contributed by atoms with Gasteiger partial charge in [-0.25, -0.2) is 8.78 Å². The van der Waals surface area contributed by atoms with Crippen molar-refractivity contribution in [2.24, 2.45) is 17.8 Å². The van der Waals surface area contributed by atoms with Crippen LogP contribution in [-0.4, -0.2) is 0 Å². The minimum atomic E-state index is -0.854. The Hall–Kier alpha value is -2.40. The van der Waals surface area contributed by atoms with E-state index in [0.717, 1.165) is 48.3 Å². The topological polar surface area (TPSA) is 0 Å². The zero-order valence-corrected chi connectivity index (χ0v) is 17.6. The van der Waals surface area contributed by atoms with Crippen molar-refractivity contribution in [1.82, 2.24) is 0 Å². The molecule has 0 bridgehead atoms. The van der Waals surface area contributed by atoms with E-state index in [1.807, 2.05) is 0 Å². The highest BCUT2D eigenvalue weighted by molar-refractivity contribution is 5.46. The molecule has 30 heavy (non-hydrogen) atoms. The van der Waals surface area contributed by atoms with Gasteiger partial charge in [-0.15, -0.1) is 6.58 Å². The standard InChI is InChI=1S/C28H30F2/c1-2-3-4-20-7-11-23(12-8-20)25-15-14-24-17-21(9-13-26(24)19-25)5-6-22-10-16-27(29)28(30)18-22/h2,9-10,13,16-18,20,23,25H,1,3-4,7-8,11-12,14-15,19H2.